The number of benzene rings is 1. The van der Waals surface area contributed by atoms with Crippen molar-refractivity contribution in [2.24, 2.45) is 28.6 Å². The van der Waals surface area contributed by atoms with Gasteiger partial charge in [-0.05, 0) is 92.4 Å². The number of rotatable bonds is 3. The normalized spacial score (nSPS) is 40.8. The van der Waals surface area contributed by atoms with E-state index >= 15 is 0 Å². The maximum atomic E-state index is 12.4. The summed E-state index contributed by atoms with van der Waals surface area (Å²) in [6, 6.07) is 8.23. The van der Waals surface area contributed by atoms with Crippen molar-refractivity contribution in [2.45, 2.75) is 84.3 Å². The molecule has 5 nitrogen and oxygen atoms in total. The highest BCUT2D eigenvalue weighted by Gasteiger charge is 2.61. The van der Waals surface area contributed by atoms with Gasteiger partial charge in [-0.2, -0.15) is 0 Å². The van der Waals surface area contributed by atoms with Crippen LogP contribution in [0.15, 0.2) is 24.3 Å². The van der Waals surface area contributed by atoms with Gasteiger partial charge in [-0.25, -0.2) is 0 Å². The fourth-order valence-corrected chi connectivity index (χ4v) is 8.28. The van der Waals surface area contributed by atoms with E-state index in [0.717, 1.165) is 49.0 Å². The van der Waals surface area contributed by atoms with Crippen LogP contribution in [0.25, 0.3) is 0 Å². The van der Waals surface area contributed by atoms with Crippen LogP contribution in [-0.4, -0.2) is 35.9 Å². The molecule has 3 aliphatic carbocycles. The summed E-state index contributed by atoms with van der Waals surface area (Å²) in [5.41, 5.74) is 1.30. The van der Waals surface area contributed by atoms with E-state index in [4.69, 9.17) is 4.74 Å². The van der Waals surface area contributed by atoms with Gasteiger partial charge in [0.2, 0.25) is 11.8 Å². The Bertz CT molecular complexity index is 899. The number of hydrogen-bond acceptors (Lipinski definition) is 3. The van der Waals surface area contributed by atoms with Crippen LogP contribution >= 0.6 is 0 Å². The van der Waals surface area contributed by atoms with E-state index < -0.39 is 0 Å². The topological polar surface area (TPSA) is 58.6 Å². The highest BCUT2D eigenvalue weighted by molar-refractivity contribution is 5.88. The van der Waals surface area contributed by atoms with Crippen LogP contribution < -0.4 is 10.1 Å². The molecule has 7 atom stereocenters. The Morgan fingerprint density at radius 1 is 1.00 bits per heavy atom. The van der Waals surface area contributed by atoms with E-state index in [1.54, 1.807) is 0 Å². The molecule has 0 spiro atoms. The molecule has 2 amide bonds. The van der Waals surface area contributed by atoms with Gasteiger partial charge >= 0.3 is 0 Å². The molecule has 1 heterocycles. The Hall–Kier alpha value is -2.04. The first kappa shape index (κ1) is 21.8. The second-order valence-electron chi connectivity index (χ2n) is 11.4. The lowest BCUT2D eigenvalue weighted by Crippen LogP contribution is -2.61. The first-order valence-corrected chi connectivity index (χ1v) is 12.5. The molecule has 0 bridgehead atoms. The van der Waals surface area contributed by atoms with Gasteiger partial charge in [0, 0.05) is 37.5 Å². The molecule has 5 heteroatoms. The van der Waals surface area contributed by atoms with Gasteiger partial charge < -0.3 is 15.0 Å². The second-order valence-corrected chi connectivity index (χ2v) is 11.4. The number of hydrogen-bond donors (Lipinski definition) is 1. The summed E-state index contributed by atoms with van der Waals surface area (Å²) < 4.78 is 6.58. The zero-order chi connectivity index (χ0) is 22.7. The summed E-state index contributed by atoms with van der Waals surface area (Å²) in [4.78, 5) is 25.7. The largest absolute Gasteiger partial charge is 0.490 e. The summed E-state index contributed by atoms with van der Waals surface area (Å²) in [6.45, 7) is 6.49. The van der Waals surface area contributed by atoms with Crippen molar-refractivity contribution in [3.05, 3.63) is 24.3 Å². The number of amides is 2. The van der Waals surface area contributed by atoms with Gasteiger partial charge in [-0.3, -0.25) is 9.59 Å². The molecule has 1 aliphatic heterocycles. The van der Waals surface area contributed by atoms with E-state index in [1.165, 1.54) is 32.6 Å². The van der Waals surface area contributed by atoms with Crippen molar-refractivity contribution >= 4 is 17.5 Å². The number of nitrogens with zero attached hydrogens (tertiary/aromatic N) is 1. The zero-order valence-corrected chi connectivity index (χ0v) is 20.0. The Morgan fingerprint density at radius 2 is 1.72 bits per heavy atom. The molecular formula is C27H38N2O3. The van der Waals surface area contributed by atoms with Crippen LogP contribution in [0.4, 0.5) is 5.69 Å². The monoisotopic (exact) mass is 438 g/mol. The van der Waals surface area contributed by atoms with Crippen molar-refractivity contribution in [3.8, 4) is 5.75 Å². The highest BCUT2D eigenvalue weighted by Crippen LogP contribution is 2.65. The molecule has 5 rings (SSSR count). The number of ether oxygens (including phenoxy) is 1. The summed E-state index contributed by atoms with van der Waals surface area (Å²) in [5, 5.41) is 2.82. The maximum Gasteiger partial charge on any atom is 0.222 e. The van der Waals surface area contributed by atoms with Crippen LogP contribution in [0, 0.1) is 28.6 Å². The number of anilines is 1. The lowest BCUT2D eigenvalue weighted by Gasteiger charge is -2.61. The van der Waals surface area contributed by atoms with Crippen LogP contribution in [-0.2, 0) is 9.59 Å². The molecule has 32 heavy (non-hydrogen) atoms. The van der Waals surface area contributed by atoms with E-state index in [2.05, 4.69) is 24.1 Å². The Labute approximate surface area is 192 Å². The highest BCUT2D eigenvalue weighted by atomic mass is 16.5. The third kappa shape index (κ3) is 3.34. The van der Waals surface area contributed by atoms with Crippen LogP contribution in [0.2, 0.25) is 0 Å². The molecule has 0 radical (unpaired) electrons. The smallest absolute Gasteiger partial charge is 0.222 e. The quantitative estimate of drug-likeness (QED) is 0.701. The molecule has 1 saturated heterocycles. The van der Waals surface area contributed by atoms with E-state index in [-0.39, 0.29) is 22.8 Å². The fraction of sp³-hybridized carbons (Fsp3) is 0.704. The van der Waals surface area contributed by atoms with E-state index in [0.29, 0.717) is 17.9 Å². The molecule has 4 fully saturated rings. The van der Waals surface area contributed by atoms with Gasteiger partial charge in [0.25, 0.3) is 0 Å². The molecule has 4 aliphatic rings. The SMILES string of the molecule is CC(=O)Nc1ccc(OC2CC[C@H]3[C@@H]4CCC5N(C)C(=O)CC[C@]5(C)[C@@H]4CC[C@]23C)cc1. The Balaban J connectivity index is 1.32. The Kier molecular flexibility index (Phi) is 5.29. The minimum atomic E-state index is -0.0569. The predicted octanol–water partition coefficient (Wildman–Crippen LogP) is 5.26. The lowest BCUT2D eigenvalue weighted by atomic mass is 9.47. The standard InChI is InChI=1S/C27H38N2O3/c1-17(30)28-18-5-7-19(8-6-18)32-24-12-10-21-20-9-11-23-26(2,16-14-25(31)29(23)4)22(20)13-15-27(21,24)3/h5-8,20-24H,9-16H2,1-4H3,(H,28,30)/t20-,21-,22+,23?,24?,26+,27-/m0/s1. The summed E-state index contributed by atoms with van der Waals surface area (Å²) >= 11 is 0. The van der Waals surface area contributed by atoms with Crippen molar-refractivity contribution in [2.75, 3.05) is 12.4 Å². The second kappa shape index (κ2) is 7.78. The van der Waals surface area contributed by atoms with Gasteiger partial charge in [0.05, 0.1) is 0 Å². The van der Waals surface area contributed by atoms with Gasteiger partial charge in [-0.15, -0.1) is 0 Å². The van der Waals surface area contributed by atoms with Crippen molar-refractivity contribution in [1.82, 2.24) is 4.90 Å². The number of piperidine rings is 1. The fourth-order valence-electron chi connectivity index (χ4n) is 8.28. The molecule has 3 saturated carbocycles. The minimum absolute atomic E-state index is 0.0569. The molecule has 1 aromatic carbocycles. The third-order valence-electron chi connectivity index (χ3n) is 9.92. The molecule has 174 valence electrons. The molecule has 0 aromatic heterocycles. The minimum Gasteiger partial charge on any atom is -0.490 e. The van der Waals surface area contributed by atoms with Crippen molar-refractivity contribution in [1.29, 1.82) is 0 Å². The van der Waals surface area contributed by atoms with Crippen LogP contribution in [0.3, 0.4) is 0 Å². The van der Waals surface area contributed by atoms with Crippen LogP contribution in [0.5, 0.6) is 5.75 Å². The number of carbonyl (C=O) groups is 2. The van der Waals surface area contributed by atoms with E-state index in [1.807, 2.05) is 31.3 Å². The predicted molar refractivity (Wildman–Crippen MR) is 125 cm³/mol. The first-order chi connectivity index (χ1) is 15.2. The maximum absolute atomic E-state index is 12.4. The first-order valence-electron chi connectivity index (χ1n) is 12.5. The van der Waals surface area contributed by atoms with Crippen LogP contribution in [0.1, 0.15) is 72.1 Å². The molecular weight excluding hydrogens is 400 g/mol. The number of likely N-dealkylation sites (tertiary alicyclic amines) is 1. The Morgan fingerprint density at radius 3 is 2.44 bits per heavy atom. The number of fused-ring (bicyclic) bond motifs is 5. The zero-order valence-electron chi connectivity index (χ0n) is 20.0. The van der Waals surface area contributed by atoms with Crippen molar-refractivity contribution < 1.29 is 14.3 Å². The lowest BCUT2D eigenvalue weighted by molar-refractivity contribution is -0.159. The summed E-state index contributed by atoms with van der Waals surface area (Å²) in [6.07, 6.45) is 9.28. The summed E-state index contributed by atoms with van der Waals surface area (Å²) in [7, 11) is 2.04. The molecule has 1 N–H and O–H groups in total. The third-order valence-corrected chi connectivity index (χ3v) is 9.92. The molecule has 1 aromatic rings. The summed E-state index contributed by atoms with van der Waals surface area (Å²) in [5.74, 6) is 3.38. The average molecular weight is 439 g/mol. The van der Waals surface area contributed by atoms with Gasteiger partial charge in [-0.1, -0.05) is 13.8 Å². The van der Waals surface area contributed by atoms with Gasteiger partial charge in [0.15, 0.2) is 0 Å². The molecule has 2 unspecified atom stereocenters. The number of carbonyl (C=O) groups excluding carboxylic acids is 2. The number of nitrogens with one attached hydrogen (secondary N) is 1. The van der Waals surface area contributed by atoms with Gasteiger partial charge in [0.1, 0.15) is 11.9 Å². The van der Waals surface area contributed by atoms with Crippen molar-refractivity contribution in [3.63, 3.8) is 0 Å². The van der Waals surface area contributed by atoms with E-state index in [9.17, 15) is 9.59 Å². The average Bonchev–Trinajstić information content (AvgIpc) is 3.08.